The van der Waals surface area contributed by atoms with E-state index in [1.165, 1.54) is 21.6 Å². The van der Waals surface area contributed by atoms with E-state index in [2.05, 4.69) is 48.0 Å². The summed E-state index contributed by atoms with van der Waals surface area (Å²) < 4.78 is 0. The normalized spacial score (nSPS) is 10.6. The number of thiophene rings is 1. The van der Waals surface area contributed by atoms with Crippen molar-refractivity contribution in [3.8, 4) is 11.1 Å². The van der Waals surface area contributed by atoms with Gasteiger partial charge < -0.3 is 5.32 Å². The third kappa shape index (κ3) is 3.46. The van der Waals surface area contributed by atoms with Gasteiger partial charge in [0.2, 0.25) is 0 Å². The van der Waals surface area contributed by atoms with E-state index in [1.54, 1.807) is 11.3 Å². The summed E-state index contributed by atoms with van der Waals surface area (Å²) in [4.78, 5) is 1.31. The molecule has 1 aromatic heterocycles. The molecule has 0 aliphatic heterocycles. The van der Waals surface area contributed by atoms with E-state index in [9.17, 15) is 0 Å². The van der Waals surface area contributed by atoms with Crippen LogP contribution >= 0.6 is 22.9 Å². The second-order valence-corrected chi connectivity index (χ2v) is 6.41. The van der Waals surface area contributed by atoms with Crippen LogP contribution in [0.25, 0.3) is 11.1 Å². The monoisotopic (exact) mass is 313 g/mol. The standard InChI is InChI=1S/C18H16ClNS/c1-13-7-8-16(19)10-18(13)20-11-17-9-15(12-21-17)14-5-3-2-4-6-14/h2-10,12,20H,11H2,1H3. The quantitative estimate of drug-likeness (QED) is 0.624. The average molecular weight is 314 g/mol. The van der Waals surface area contributed by atoms with Crippen molar-refractivity contribution in [1.82, 2.24) is 0 Å². The molecular formula is C18H16ClNS. The van der Waals surface area contributed by atoms with Crippen molar-refractivity contribution in [3.05, 3.63) is 75.4 Å². The third-order valence-corrected chi connectivity index (χ3v) is 4.59. The minimum Gasteiger partial charge on any atom is -0.380 e. The molecule has 21 heavy (non-hydrogen) atoms. The maximum Gasteiger partial charge on any atom is 0.0494 e. The van der Waals surface area contributed by atoms with Crippen molar-refractivity contribution < 1.29 is 0 Å². The second kappa shape index (κ2) is 6.33. The fourth-order valence-electron chi connectivity index (χ4n) is 2.22. The van der Waals surface area contributed by atoms with Gasteiger partial charge in [-0.3, -0.25) is 0 Å². The van der Waals surface area contributed by atoms with Crippen LogP contribution in [-0.4, -0.2) is 0 Å². The summed E-state index contributed by atoms with van der Waals surface area (Å²) in [5.41, 5.74) is 4.84. The van der Waals surface area contributed by atoms with E-state index in [4.69, 9.17) is 11.6 Å². The van der Waals surface area contributed by atoms with Crippen molar-refractivity contribution >= 4 is 28.6 Å². The molecule has 0 saturated carbocycles. The Labute approximate surface area is 134 Å². The van der Waals surface area contributed by atoms with Gasteiger partial charge in [-0.05, 0) is 47.2 Å². The maximum absolute atomic E-state index is 6.05. The summed E-state index contributed by atoms with van der Waals surface area (Å²) in [5.74, 6) is 0. The van der Waals surface area contributed by atoms with E-state index in [0.717, 1.165) is 17.3 Å². The van der Waals surface area contributed by atoms with Crippen molar-refractivity contribution in [2.24, 2.45) is 0 Å². The Balaban J connectivity index is 1.72. The molecule has 0 atom stereocenters. The largest absolute Gasteiger partial charge is 0.380 e. The van der Waals surface area contributed by atoms with Gasteiger partial charge in [-0.2, -0.15) is 0 Å². The van der Waals surface area contributed by atoms with Crippen molar-refractivity contribution in [2.45, 2.75) is 13.5 Å². The Hall–Kier alpha value is -1.77. The number of hydrogen-bond acceptors (Lipinski definition) is 2. The zero-order chi connectivity index (χ0) is 14.7. The third-order valence-electron chi connectivity index (χ3n) is 3.41. The molecule has 0 unspecified atom stereocenters. The molecule has 106 valence electrons. The molecule has 0 fully saturated rings. The molecule has 1 heterocycles. The Bertz CT molecular complexity index is 734. The number of hydrogen-bond donors (Lipinski definition) is 1. The van der Waals surface area contributed by atoms with E-state index >= 15 is 0 Å². The second-order valence-electron chi connectivity index (χ2n) is 4.98. The predicted octanol–water partition coefficient (Wildman–Crippen LogP) is 5.99. The number of halogens is 1. The van der Waals surface area contributed by atoms with Gasteiger partial charge in [-0.1, -0.05) is 48.0 Å². The molecule has 3 rings (SSSR count). The highest BCUT2D eigenvalue weighted by Gasteiger charge is 2.04. The lowest BCUT2D eigenvalue weighted by Crippen LogP contribution is -1.99. The number of benzene rings is 2. The fraction of sp³-hybridized carbons (Fsp3) is 0.111. The van der Waals surface area contributed by atoms with Crippen LogP contribution in [0, 0.1) is 6.92 Å². The molecule has 0 radical (unpaired) electrons. The van der Waals surface area contributed by atoms with Gasteiger partial charge in [-0.25, -0.2) is 0 Å². The first kappa shape index (κ1) is 14.2. The summed E-state index contributed by atoms with van der Waals surface area (Å²) in [6.07, 6.45) is 0. The van der Waals surface area contributed by atoms with Gasteiger partial charge in [0.15, 0.2) is 0 Å². The Kier molecular flexibility index (Phi) is 4.28. The minimum atomic E-state index is 0.763. The number of rotatable bonds is 4. The lowest BCUT2D eigenvalue weighted by atomic mass is 10.1. The summed E-state index contributed by atoms with van der Waals surface area (Å²) in [7, 11) is 0. The molecule has 0 aliphatic rings. The van der Waals surface area contributed by atoms with Crippen LogP contribution in [-0.2, 0) is 6.54 Å². The van der Waals surface area contributed by atoms with Gasteiger partial charge in [0, 0.05) is 22.1 Å². The van der Waals surface area contributed by atoms with Gasteiger partial charge in [0.25, 0.3) is 0 Å². The zero-order valence-electron chi connectivity index (χ0n) is 11.8. The lowest BCUT2D eigenvalue weighted by molar-refractivity contribution is 1.18. The molecule has 1 N–H and O–H groups in total. The highest BCUT2D eigenvalue weighted by molar-refractivity contribution is 7.10. The van der Waals surface area contributed by atoms with Crippen LogP contribution in [0.5, 0.6) is 0 Å². The van der Waals surface area contributed by atoms with Gasteiger partial charge in [0.1, 0.15) is 0 Å². The number of anilines is 1. The SMILES string of the molecule is Cc1ccc(Cl)cc1NCc1cc(-c2ccccc2)cs1. The highest BCUT2D eigenvalue weighted by atomic mass is 35.5. The maximum atomic E-state index is 6.05. The van der Waals surface area contributed by atoms with Crippen LogP contribution in [0.1, 0.15) is 10.4 Å². The van der Waals surface area contributed by atoms with Crippen molar-refractivity contribution in [3.63, 3.8) is 0 Å². The van der Waals surface area contributed by atoms with Crippen LogP contribution in [0.3, 0.4) is 0 Å². The van der Waals surface area contributed by atoms with E-state index < -0.39 is 0 Å². The summed E-state index contributed by atoms with van der Waals surface area (Å²) in [5, 5.41) is 6.43. The summed E-state index contributed by atoms with van der Waals surface area (Å²) >= 11 is 7.82. The molecular weight excluding hydrogens is 298 g/mol. The number of aryl methyl sites for hydroxylation is 1. The van der Waals surface area contributed by atoms with E-state index in [0.29, 0.717) is 0 Å². The Morgan fingerprint density at radius 1 is 1.00 bits per heavy atom. The topological polar surface area (TPSA) is 12.0 Å². The summed E-state index contributed by atoms with van der Waals surface area (Å²) in [6.45, 7) is 2.90. The smallest absolute Gasteiger partial charge is 0.0494 e. The van der Waals surface area contributed by atoms with Gasteiger partial charge in [-0.15, -0.1) is 11.3 Å². The van der Waals surface area contributed by atoms with Crippen molar-refractivity contribution in [1.29, 1.82) is 0 Å². The number of nitrogens with one attached hydrogen (secondary N) is 1. The predicted molar refractivity (Wildman–Crippen MR) is 93.3 cm³/mol. The van der Waals surface area contributed by atoms with Gasteiger partial charge in [0.05, 0.1) is 0 Å². The van der Waals surface area contributed by atoms with Gasteiger partial charge >= 0.3 is 0 Å². The van der Waals surface area contributed by atoms with Crippen LogP contribution in [0.15, 0.2) is 60.0 Å². The molecule has 0 aliphatic carbocycles. The molecule has 3 aromatic rings. The van der Waals surface area contributed by atoms with E-state index in [1.807, 2.05) is 24.3 Å². The van der Waals surface area contributed by atoms with E-state index in [-0.39, 0.29) is 0 Å². The molecule has 0 bridgehead atoms. The average Bonchev–Trinajstić information content (AvgIpc) is 2.98. The molecule has 0 spiro atoms. The first-order valence-electron chi connectivity index (χ1n) is 6.85. The molecule has 0 amide bonds. The first-order valence-corrected chi connectivity index (χ1v) is 8.11. The Morgan fingerprint density at radius 3 is 2.62 bits per heavy atom. The van der Waals surface area contributed by atoms with Crippen LogP contribution in [0.4, 0.5) is 5.69 Å². The lowest BCUT2D eigenvalue weighted by Gasteiger charge is -2.08. The summed E-state index contributed by atoms with van der Waals surface area (Å²) in [6, 6.07) is 18.6. The molecule has 2 aromatic carbocycles. The first-order chi connectivity index (χ1) is 10.2. The van der Waals surface area contributed by atoms with Crippen LogP contribution < -0.4 is 5.32 Å². The molecule has 0 saturated heterocycles. The highest BCUT2D eigenvalue weighted by Crippen LogP contribution is 2.27. The minimum absolute atomic E-state index is 0.763. The zero-order valence-corrected chi connectivity index (χ0v) is 13.3. The van der Waals surface area contributed by atoms with Crippen molar-refractivity contribution in [2.75, 3.05) is 5.32 Å². The van der Waals surface area contributed by atoms with Crippen LogP contribution in [0.2, 0.25) is 5.02 Å². The Morgan fingerprint density at radius 2 is 1.81 bits per heavy atom. The molecule has 1 nitrogen and oxygen atoms in total. The molecule has 3 heteroatoms. The fourth-order valence-corrected chi connectivity index (χ4v) is 3.23.